The molecule has 0 spiro atoms. The Labute approximate surface area is 238 Å². The van der Waals surface area contributed by atoms with Crippen molar-refractivity contribution in [2.24, 2.45) is 5.92 Å². The fourth-order valence-corrected chi connectivity index (χ4v) is 7.35. The fraction of sp³-hybridized carbons (Fsp3) is 0.654. The van der Waals surface area contributed by atoms with Crippen molar-refractivity contribution in [1.82, 2.24) is 0 Å². The fourth-order valence-electron chi connectivity index (χ4n) is 3.79. The number of ether oxygens (including phenoxy) is 1. The maximum absolute atomic E-state index is 9.00. The molecule has 0 aromatic heterocycles. The first kappa shape index (κ1) is 41.9. The van der Waals surface area contributed by atoms with Crippen molar-refractivity contribution < 1.29 is 58.6 Å². The van der Waals surface area contributed by atoms with Crippen molar-refractivity contribution in [3.63, 3.8) is 0 Å². The number of methoxy groups -OCH3 is 1. The molecule has 14 heteroatoms. The Balaban J connectivity index is -0.000000620. The number of hydrogen-bond acceptors (Lipinski definition) is 10. The van der Waals surface area contributed by atoms with E-state index in [1.807, 2.05) is 18.2 Å². The summed E-state index contributed by atoms with van der Waals surface area (Å²) in [7, 11) is 2.95. The average molecular weight is 596 g/mol. The molecule has 40 heavy (non-hydrogen) atoms. The van der Waals surface area contributed by atoms with Gasteiger partial charge in [-0.25, -0.2) is 0 Å². The van der Waals surface area contributed by atoms with Crippen molar-refractivity contribution >= 4 is 32.2 Å². The number of carboxylic acid groups (broad SMARTS) is 3. The Morgan fingerprint density at radius 1 is 0.925 bits per heavy atom. The lowest BCUT2D eigenvalue weighted by Gasteiger charge is -2.46. The number of hydrogen-bond donors (Lipinski definition) is 7. The Kier molecular flexibility index (Phi) is 26.6. The van der Waals surface area contributed by atoms with E-state index in [4.69, 9.17) is 58.6 Å². The van der Waals surface area contributed by atoms with Crippen LogP contribution >= 0.6 is 0 Å². The highest BCUT2D eigenvalue weighted by Crippen LogP contribution is 2.38. The minimum Gasteiger partial charge on any atom is -0.481 e. The Bertz CT molecular complexity index is 736. The van der Waals surface area contributed by atoms with Crippen molar-refractivity contribution in [2.75, 3.05) is 39.9 Å². The van der Waals surface area contributed by atoms with E-state index in [1.54, 1.807) is 21.3 Å². The number of para-hydroxylation sites is 1. The summed E-state index contributed by atoms with van der Waals surface area (Å²) in [5.41, 5.74) is 1.12. The zero-order chi connectivity index (χ0) is 31.7. The van der Waals surface area contributed by atoms with Crippen molar-refractivity contribution in [3.05, 3.63) is 30.3 Å². The van der Waals surface area contributed by atoms with Crippen LogP contribution in [0.4, 0.5) is 5.69 Å². The quantitative estimate of drug-likeness (QED) is 0.204. The number of nitrogens with one attached hydrogen (secondary N) is 1. The minimum atomic E-state index is -2.36. The van der Waals surface area contributed by atoms with E-state index in [9.17, 15) is 0 Å². The monoisotopic (exact) mass is 595 g/mol. The summed E-state index contributed by atoms with van der Waals surface area (Å²) in [6, 6.07) is 11.6. The van der Waals surface area contributed by atoms with Crippen LogP contribution in [0.5, 0.6) is 0 Å². The van der Waals surface area contributed by atoms with Gasteiger partial charge in [0.15, 0.2) is 0 Å². The molecule has 13 nitrogen and oxygen atoms in total. The first-order valence-electron chi connectivity index (χ1n) is 12.6. The van der Waals surface area contributed by atoms with E-state index in [0.29, 0.717) is 5.92 Å². The molecule has 1 aliphatic heterocycles. The van der Waals surface area contributed by atoms with Crippen molar-refractivity contribution in [3.8, 4) is 0 Å². The average Bonchev–Trinajstić information content (AvgIpc) is 2.88. The van der Waals surface area contributed by atoms with Crippen molar-refractivity contribution in [2.45, 2.75) is 70.9 Å². The van der Waals surface area contributed by atoms with Gasteiger partial charge in [-0.1, -0.05) is 38.0 Å². The van der Waals surface area contributed by atoms with Gasteiger partial charge in [0.25, 0.3) is 17.9 Å². The topological polar surface area (TPSA) is 212 Å². The van der Waals surface area contributed by atoms with Crippen LogP contribution in [0.2, 0.25) is 6.04 Å². The lowest BCUT2D eigenvalue weighted by atomic mass is 9.96. The number of aliphatic carboxylic acids is 3. The normalized spacial score (nSPS) is 18.5. The van der Waals surface area contributed by atoms with Gasteiger partial charge in [-0.15, -0.1) is 0 Å². The smallest absolute Gasteiger partial charge is 0.369 e. The van der Waals surface area contributed by atoms with Crippen LogP contribution in [0.25, 0.3) is 0 Å². The van der Waals surface area contributed by atoms with Crippen LogP contribution in [0, 0.1) is 5.92 Å². The van der Waals surface area contributed by atoms with Crippen LogP contribution in [0.1, 0.15) is 47.0 Å². The van der Waals surface area contributed by atoms with Gasteiger partial charge in [-0.05, 0) is 30.5 Å². The van der Waals surface area contributed by atoms with E-state index in [1.165, 1.54) is 12.8 Å². The van der Waals surface area contributed by atoms with Gasteiger partial charge in [-0.3, -0.25) is 14.4 Å². The molecule has 1 aromatic carbocycles. The van der Waals surface area contributed by atoms with Crippen LogP contribution in [-0.2, 0) is 28.0 Å². The van der Waals surface area contributed by atoms with Crippen LogP contribution < -0.4 is 5.32 Å². The Hall–Kier alpha value is -2.59. The van der Waals surface area contributed by atoms with Gasteiger partial charge in [0, 0.05) is 47.8 Å². The van der Waals surface area contributed by atoms with Gasteiger partial charge >= 0.3 is 8.56 Å². The SMILES string of the molecule is CC(=O)O.CC(=O)O.CC(=O)O.CCCC1CC(Nc2ccccc2)C(OC)[Si](OC)(OC)C1.OCC(O)CO. The molecule has 0 aliphatic carbocycles. The largest absolute Gasteiger partial charge is 0.481 e. The molecule has 1 aromatic rings. The Morgan fingerprint density at radius 3 is 1.65 bits per heavy atom. The Morgan fingerprint density at radius 2 is 1.35 bits per heavy atom. The highest BCUT2D eigenvalue weighted by Gasteiger charge is 2.54. The van der Waals surface area contributed by atoms with Crippen LogP contribution in [0.15, 0.2) is 30.3 Å². The maximum atomic E-state index is 9.00. The second kappa shape index (κ2) is 25.4. The molecule has 7 N–H and O–H groups in total. The van der Waals surface area contributed by atoms with Crippen molar-refractivity contribution in [1.29, 1.82) is 0 Å². The number of rotatable bonds is 9. The molecule has 1 aliphatic rings. The van der Waals surface area contributed by atoms with Crippen LogP contribution in [0.3, 0.4) is 0 Å². The third-order valence-electron chi connectivity index (χ3n) is 5.15. The predicted octanol–water partition coefficient (Wildman–Crippen LogP) is 2.18. The number of carbonyl (C=O) groups is 3. The van der Waals surface area contributed by atoms with E-state index in [0.717, 1.165) is 38.9 Å². The summed E-state index contributed by atoms with van der Waals surface area (Å²) in [5, 5.41) is 49.9. The molecular weight excluding hydrogens is 546 g/mol. The van der Waals surface area contributed by atoms with E-state index in [2.05, 4.69) is 24.4 Å². The summed E-state index contributed by atoms with van der Waals surface area (Å²) >= 11 is 0. The molecule has 3 atom stereocenters. The molecule has 234 valence electrons. The van der Waals surface area contributed by atoms with Gasteiger partial charge in [0.1, 0.15) is 11.8 Å². The summed E-state index contributed by atoms with van der Waals surface area (Å²) < 4.78 is 17.7. The highest BCUT2D eigenvalue weighted by molar-refractivity contribution is 6.69. The molecule has 3 unspecified atom stereocenters. The number of aliphatic hydroxyl groups excluding tert-OH is 3. The lowest BCUT2D eigenvalue weighted by molar-refractivity contribution is -0.135. The summed E-state index contributed by atoms with van der Waals surface area (Å²) in [6.45, 7) is 4.76. The second-order valence-corrected chi connectivity index (χ2v) is 12.1. The minimum absolute atomic E-state index is 0.00388. The third-order valence-corrected chi connectivity index (χ3v) is 9.18. The molecule has 0 radical (unpaired) electrons. The summed E-state index contributed by atoms with van der Waals surface area (Å²) in [6.07, 6.45) is 2.55. The standard InChI is InChI=1S/C17H29NO3Si.C3H8O3.3C2H4O2/c1-5-9-14-12-16(18-15-10-7-6-8-11-15)17(19-2)22(13-14,20-3)21-4;4-1-3(6)2-5;3*1-2(3)4/h6-8,10-11,14,16-18H,5,9,12-13H2,1-4H3;3-6H,1-2H2;3*1H3,(H,3,4). The van der Waals surface area contributed by atoms with Gasteiger partial charge in [0.2, 0.25) is 0 Å². The van der Waals surface area contributed by atoms with E-state index >= 15 is 0 Å². The third kappa shape index (κ3) is 22.2. The van der Waals surface area contributed by atoms with Crippen LogP contribution in [-0.4, -0.2) is 110 Å². The first-order chi connectivity index (χ1) is 18.7. The molecular formula is C26H49NO12Si. The lowest BCUT2D eigenvalue weighted by Crippen LogP contribution is -2.64. The number of aliphatic hydroxyl groups is 3. The molecule has 2 rings (SSSR count). The van der Waals surface area contributed by atoms with E-state index in [-0.39, 0.29) is 25.0 Å². The second-order valence-electron chi connectivity index (χ2n) is 8.66. The van der Waals surface area contributed by atoms with E-state index < -0.39 is 32.6 Å². The maximum Gasteiger partial charge on any atom is 0.369 e. The number of carboxylic acids is 3. The number of benzene rings is 1. The summed E-state index contributed by atoms with van der Waals surface area (Å²) in [5.74, 6) is -1.87. The molecule has 0 saturated carbocycles. The van der Waals surface area contributed by atoms with Gasteiger partial charge in [0.05, 0.1) is 19.3 Å². The zero-order valence-electron chi connectivity index (χ0n) is 24.6. The first-order valence-corrected chi connectivity index (χ1v) is 14.7. The highest BCUT2D eigenvalue weighted by atomic mass is 28.4. The molecule has 0 bridgehead atoms. The zero-order valence-corrected chi connectivity index (χ0v) is 25.6. The number of anilines is 1. The summed E-state index contributed by atoms with van der Waals surface area (Å²) in [4.78, 5) is 27.0. The molecule has 1 heterocycles. The van der Waals surface area contributed by atoms with Gasteiger partial charge < -0.3 is 49.5 Å². The molecule has 0 amide bonds. The predicted molar refractivity (Wildman–Crippen MR) is 152 cm³/mol. The molecule has 1 fully saturated rings. The molecule has 1 saturated heterocycles. The van der Waals surface area contributed by atoms with Gasteiger partial charge in [-0.2, -0.15) is 0 Å².